The summed E-state index contributed by atoms with van der Waals surface area (Å²) in [6, 6.07) is 8.14. The summed E-state index contributed by atoms with van der Waals surface area (Å²) in [6.07, 6.45) is 1.44. The molecule has 0 aliphatic heterocycles. The number of hydrogen-bond donors (Lipinski definition) is 0. The van der Waals surface area contributed by atoms with Gasteiger partial charge in [-0.2, -0.15) is 0 Å². The van der Waals surface area contributed by atoms with Crippen molar-refractivity contribution in [2.75, 3.05) is 18.0 Å². The van der Waals surface area contributed by atoms with Crippen LogP contribution in [0.25, 0.3) is 0 Å². The van der Waals surface area contributed by atoms with Crippen molar-refractivity contribution in [1.82, 2.24) is 0 Å². The highest BCUT2D eigenvalue weighted by atomic mass is 79.9. The molecule has 0 saturated heterocycles. The van der Waals surface area contributed by atoms with Crippen molar-refractivity contribution in [3.63, 3.8) is 0 Å². The second-order valence-electron chi connectivity index (χ2n) is 4.72. The molecule has 2 aromatic carbocycles. The van der Waals surface area contributed by atoms with Gasteiger partial charge < -0.3 is 4.74 Å². The van der Waals surface area contributed by atoms with Crippen molar-refractivity contribution >= 4 is 43.2 Å². The second-order valence-corrected chi connectivity index (χ2v) is 7.84. The number of methoxy groups -OCH3 is 1. The lowest BCUT2D eigenvalue weighted by Crippen LogP contribution is -2.31. The van der Waals surface area contributed by atoms with Crippen LogP contribution in [0.5, 0.6) is 5.75 Å². The van der Waals surface area contributed by atoms with Crippen LogP contribution in [0.1, 0.15) is 0 Å². The fraction of sp³-hybridized carbons (Fsp3) is 0.125. The molecule has 0 unspecified atom stereocenters. The van der Waals surface area contributed by atoms with E-state index in [1.165, 1.54) is 37.5 Å². The molecule has 24 heavy (non-hydrogen) atoms. The smallest absolute Gasteiger partial charge is 0.264 e. The molecule has 0 aliphatic carbocycles. The average molecular weight is 435 g/mol. The Kier molecular flexibility index (Phi) is 5.90. The Morgan fingerprint density at radius 1 is 1.33 bits per heavy atom. The zero-order valence-electron chi connectivity index (χ0n) is 12.7. The summed E-state index contributed by atoms with van der Waals surface area (Å²) in [6.45, 7) is 3.58. The SMILES string of the molecule is C=CCN(c1ccc(F)c(Cl)c1)S(=O)(=O)c1ccc(OC)c(Br)c1. The second kappa shape index (κ2) is 7.55. The van der Waals surface area contributed by atoms with Gasteiger partial charge in [0, 0.05) is 0 Å². The summed E-state index contributed by atoms with van der Waals surface area (Å²) in [4.78, 5) is 0.0532. The zero-order valence-corrected chi connectivity index (χ0v) is 15.8. The van der Waals surface area contributed by atoms with E-state index in [1.807, 2.05) is 0 Å². The highest BCUT2D eigenvalue weighted by Gasteiger charge is 2.25. The van der Waals surface area contributed by atoms with E-state index in [0.717, 1.165) is 10.4 Å². The van der Waals surface area contributed by atoms with Crippen molar-refractivity contribution in [3.8, 4) is 5.75 Å². The van der Waals surface area contributed by atoms with Gasteiger partial charge in [-0.1, -0.05) is 17.7 Å². The summed E-state index contributed by atoms with van der Waals surface area (Å²) >= 11 is 9.04. The van der Waals surface area contributed by atoms with Gasteiger partial charge in [0.1, 0.15) is 11.6 Å². The van der Waals surface area contributed by atoms with Crippen LogP contribution in [0, 0.1) is 5.82 Å². The first kappa shape index (κ1) is 18.8. The van der Waals surface area contributed by atoms with Crippen LogP contribution in [0.15, 0.2) is 58.4 Å². The van der Waals surface area contributed by atoms with Crippen molar-refractivity contribution < 1.29 is 17.5 Å². The van der Waals surface area contributed by atoms with Crippen LogP contribution in [0.2, 0.25) is 5.02 Å². The van der Waals surface area contributed by atoms with Crippen LogP contribution < -0.4 is 9.04 Å². The number of ether oxygens (including phenoxy) is 1. The molecule has 0 atom stereocenters. The summed E-state index contributed by atoms with van der Waals surface area (Å²) in [5, 5.41) is -0.160. The monoisotopic (exact) mass is 433 g/mol. The third-order valence-corrected chi connectivity index (χ3v) is 5.90. The molecule has 0 aliphatic rings. The fourth-order valence-electron chi connectivity index (χ4n) is 2.03. The van der Waals surface area contributed by atoms with E-state index in [9.17, 15) is 12.8 Å². The minimum atomic E-state index is -3.90. The maximum Gasteiger partial charge on any atom is 0.264 e. The van der Waals surface area contributed by atoms with Crippen LogP contribution in [-0.2, 0) is 10.0 Å². The molecule has 0 spiro atoms. The van der Waals surface area contributed by atoms with Crippen LogP contribution >= 0.6 is 27.5 Å². The van der Waals surface area contributed by atoms with E-state index in [0.29, 0.717) is 10.2 Å². The van der Waals surface area contributed by atoms with Crippen LogP contribution in [0.4, 0.5) is 10.1 Å². The van der Waals surface area contributed by atoms with E-state index in [2.05, 4.69) is 22.5 Å². The Bertz CT molecular complexity index is 874. The quantitative estimate of drug-likeness (QED) is 0.623. The number of hydrogen-bond acceptors (Lipinski definition) is 3. The van der Waals surface area contributed by atoms with Gasteiger partial charge in [-0.25, -0.2) is 12.8 Å². The third-order valence-electron chi connectivity index (χ3n) is 3.20. The zero-order chi connectivity index (χ0) is 17.9. The van der Waals surface area contributed by atoms with Gasteiger partial charge in [-0.05, 0) is 52.3 Å². The number of nitrogens with zero attached hydrogens (tertiary/aromatic N) is 1. The summed E-state index contributed by atoms with van der Waals surface area (Å²) in [5.41, 5.74) is 0.244. The third kappa shape index (κ3) is 3.74. The van der Waals surface area contributed by atoms with Crippen LogP contribution in [-0.4, -0.2) is 22.1 Å². The lowest BCUT2D eigenvalue weighted by atomic mass is 10.3. The lowest BCUT2D eigenvalue weighted by molar-refractivity contribution is 0.411. The molecule has 0 aromatic heterocycles. The molecule has 0 saturated carbocycles. The molecule has 128 valence electrons. The predicted molar refractivity (Wildman–Crippen MR) is 96.8 cm³/mol. The van der Waals surface area contributed by atoms with E-state index in [-0.39, 0.29) is 22.2 Å². The minimum absolute atomic E-state index is 0.00788. The molecule has 8 heteroatoms. The Morgan fingerprint density at radius 3 is 2.58 bits per heavy atom. The minimum Gasteiger partial charge on any atom is -0.496 e. The Morgan fingerprint density at radius 2 is 2.04 bits per heavy atom. The van der Waals surface area contributed by atoms with Crippen molar-refractivity contribution in [2.24, 2.45) is 0 Å². The largest absolute Gasteiger partial charge is 0.496 e. The molecular weight excluding hydrogens is 421 g/mol. The molecule has 2 rings (SSSR count). The predicted octanol–water partition coefficient (Wildman–Crippen LogP) is 4.63. The first-order valence-corrected chi connectivity index (χ1v) is 9.34. The molecule has 0 amide bonds. The number of sulfonamides is 1. The number of benzene rings is 2. The standard InChI is InChI=1S/C16H14BrClFNO3S/c1-3-8-20(11-4-6-15(19)14(18)9-11)24(21,22)12-5-7-16(23-2)13(17)10-12/h3-7,9-10H,1,8H2,2H3. The Labute approximate surface area is 153 Å². The Hall–Kier alpha value is -1.57. The van der Waals surface area contributed by atoms with Gasteiger partial charge in [0.05, 0.1) is 33.7 Å². The molecule has 0 bridgehead atoms. The molecule has 2 aromatic rings. The van der Waals surface area contributed by atoms with Gasteiger partial charge in [-0.15, -0.1) is 6.58 Å². The highest BCUT2D eigenvalue weighted by Crippen LogP contribution is 2.31. The van der Waals surface area contributed by atoms with Crippen molar-refractivity contribution in [1.29, 1.82) is 0 Å². The lowest BCUT2D eigenvalue weighted by Gasteiger charge is -2.23. The van der Waals surface area contributed by atoms with Crippen molar-refractivity contribution in [3.05, 3.63) is 64.4 Å². The molecular formula is C16H14BrClFNO3S. The number of rotatable bonds is 6. The van der Waals surface area contributed by atoms with E-state index < -0.39 is 15.8 Å². The number of halogens is 3. The molecule has 0 radical (unpaired) electrons. The summed E-state index contributed by atoms with van der Waals surface area (Å²) < 4.78 is 46.0. The van der Waals surface area contributed by atoms with Gasteiger partial charge in [-0.3, -0.25) is 4.31 Å². The topological polar surface area (TPSA) is 46.6 Å². The summed E-state index contributed by atoms with van der Waals surface area (Å²) in [7, 11) is -2.41. The molecule has 0 fully saturated rings. The highest BCUT2D eigenvalue weighted by molar-refractivity contribution is 9.10. The average Bonchev–Trinajstić information content (AvgIpc) is 2.55. The maximum atomic E-state index is 13.4. The summed E-state index contributed by atoms with van der Waals surface area (Å²) in [5.74, 6) is -0.113. The first-order chi connectivity index (χ1) is 11.3. The van der Waals surface area contributed by atoms with E-state index in [1.54, 1.807) is 6.07 Å². The van der Waals surface area contributed by atoms with Gasteiger partial charge in [0.15, 0.2) is 0 Å². The van der Waals surface area contributed by atoms with Gasteiger partial charge in [0.2, 0.25) is 0 Å². The van der Waals surface area contributed by atoms with Crippen LogP contribution in [0.3, 0.4) is 0 Å². The van der Waals surface area contributed by atoms with Gasteiger partial charge in [0.25, 0.3) is 10.0 Å². The molecule has 0 N–H and O–H groups in total. The Balaban J connectivity index is 2.54. The number of anilines is 1. The maximum absolute atomic E-state index is 13.4. The first-order valence-electron chi connectivity index (χ1n) is 6.73. The van der Waals surface area contributed by atoms with Gasteiger partial charge >= 0.3 is 0 Å². The van der Waals surface area contributed by atoms with E-state index in [4.69, 9.17) is 16.3 Å². The normalized spacial score (nSPS) is 11.2. The van der Waals surface area contributed by atoms with E-state index >= 15 is 0 Å². The van der Waals surface area contributed by atoms with Crippen molar-refractivity contribution in [2.45, 2.75) is 4.90 Å². The molecule has 0 heterocycles. The molecule has 4 nitrogen and oxygen atoms in total. The fourth-order valence-corrected chi connectivity index (χ4v) is 4.36.